The van der Waals surface area contributed by atoms with E-state index >= 15 is 0 Å². The molecule has 0 aliphatic heterocycles. The fourth-order valence-electron chi connectivity index (χ4n) is 2.54. The third-order valence-electron chi connectivity index (χ3n) is 4.12. The van der Waals surface area contributed by atoms with Crippen LogP contribution in [-0.2, 0) is 6.54 Å². The Morgan fingerprint density at radius 1 is 1.19 bits per heavy atom. The topological polar surface area (TPSA) is 77.2 Å². The minimum absolute atomic E-state index is 0.150. The zero-order valence-electron chi connectivity index (χ0n) is 14.9. The maximum atomic E-state index is 13.0. The number of hydrogen-bond donors (Lipinski definition) is 1. The molecule has 0 aliphatic rings. The first-order valence-corrected chi connectivity index (χ1v) is 8.22. The second kappa shape index (κ2) is 7.82. The summed E-state index contributed by atoms with van der Waals surface area (Å²) in [6.07, 6.45) is 1.11. The lowest BCUT2D eigenvalue weighted by molar-refractivity contribution is 0.104. The Labute approximate surface area is 155 Å². The molecule has 27 heavy (non-hydrogen) atoms. The highest BCUT2D eigenvalue weighted by Crippen LogP contribution is 2.18. The predicted octanol–water partition coefficient (Wildman–Crippen LogP) is 3.56. The molecule has 6 nitrogen and oxygen atoms in total. The number of carbonyl (C=O) groups is 1. The monoisotopic (exact) mass is 367 g/mol. The number of nitrogens with zero attached hydrogens (tertiary/aromatic N) is 3. The lowest BCUT2D eigenvalue weighted by Gasteiger charge is -2.04. The van der Waals surface area contributed by atoms with E-state index < -0.39 is 5.78 Å². The second-order valence-electron chi connectivity index (χ2n) is 5.93. The number of carbonyl (C=O) groups excluding carboxylic acids is 1. The van der Waals surface area contributed by atoms with Crippen molar-refractivity contribution in [3.8, 4) is 5.75 Å². The summed E-state index contributed by atoms with van der Waals surface area (Å²) >= 11 is 0. The van der Waals surface area contributed by atoms with Gasteiger partial charge in [-0.1, -0.05) is 17.3 Å². The van der Waals surface area contributed by atoms with Gasteiger partial charge in [-0.05, 0) is 48.9 Å². The van der Waals surface area contributed by atoms with E-state index in [1.165, 1.54) is 12.1 Å². The van der Waals surface area contributed by atoms with Gasteiger partial charge in [0.25, 0.3) is 0 Å². The molecule has 1 heterocycles. The molecular formula is C20H18FN3O3. The van der Waals surface area contributed by atoms with Gasteiger partial charge in [0.15, 0.2) is 5.69 Å². The van der Waals surface area contributed by atoms with Gasteiger partial charge < -0.3 is 9.84 Å². The first-order chi connectivity index (χ1) is 13.0. The molecule has 0 bridgehead atoms. The largest absolute Gasteiger partial charge is 0.507 e. The van der Waals surface area contributed by atoms with Gasteiger partial charge in [0, 0.05) is 11.6 Å². The van der Waals surface area contributed by atoms with Crippen LogP contribution in [0.25, 0.3) is 5.76 Å². The van der Waals surface area contributed by atoms with Crippen molar-refractivity contribution in [3.05, 3.63) is 82.9 Å². The van der Waals surface area contributed by atoms with Gasteiger partial charge >= 0.3 is 0 Å². The van der Waals surface area contributed by atoms with Crippen LogP contribution >= 0.6 is 0 Å². The zero-order valence-corrected chi connectivity index (χ0v) is 14.9. The number of ether oxygens (including phenoxy) is 1. The molecular weight excluding hydrogens is 349 g/mol. The van der Waals surface area contributed by atoms with Gasteiger partial charge in [-0.3, -0.25) is 4.79 Å². The molecule has 3 rings (SSSR count). The van der Waals surface area contributed by atoms with Crippen LogP contribution in [0.4, 0.5) is 4.39 Å². The number of aliphatic hydroxyl groups excluding tert-OH is 1. The quantitative estimate of drug-likeness (QED) is 0.409. The van der Waals surface area contributed by atoms with Crippen LogP contribution in [-0.4, -0.2) is 33.0 Å². The molecule has 1 N–H and O–H groups in total. The lowest BCUT2D eigenvalue weighted by atomic mass is 10.1. The van der Waals surface area contributed by atoms with Crippen LogP contribution in [0, 0.1) is 12.7 Å². The van der Waals surface area contributed by atoms with E-state index in [0.717, 1.165) is 11.6 Å². The minimum atomic E-state index is -0.453. The second-order valence-corrected chi connectivity index (χ2v) is 5.93. The first kappa shape index (κ1) is 18.3. The predicted molar refractivity (Wildman–Crippen MR) is 98.2 cm³/mol. The molecule has 0 unspecified atom stereocenters. The standard InChI is InChI=1S/C20H18FN3O3/c1-13-20(22-23-24(13)12-14-3-7-16(21)8-4-14)19(26)11-18(25)15-5-9-17(27-2)10-6-15/h3-11,25H,12H2,1-2H3/b18-11-. The van der Waals surface area contributed by atoms with Crippen molar-refractivity contribution in [1.29, 1.82) is 0 Å². The zero-order chi connectivity index (χ0) is 19.4. The molecule has 0 aliphatic carbocycles. The van der Waals surface area contributed by atoms with Gasteiger partial charge in [0.1, 0.15) is 17.3 Å². The molecule has 0 spiro atoms. The lowest BCUT2D eigenvalue weighted by Crippen LogP contribution is -2.05. The fourth-order valence-corrected chi connectivity index (χ4v) is 2.54. The Balaban J connectivity index is 1.78. The summed E-state index contributed by atoms with van der Waals surface area (Å²) in [4.78, 5) is 12.5. The highest BCUT2D eigenvalue weighted by Gasteiger charge is 2.16. The number of halogens is 1. The summed E-state index contributed by atoms with van der Waals surface area (Å²) in [7, 11) is 1.55. The third kappa shape index (κ3) is 4.20. The summed E-state index contributed by atoms with van der Waals surface area (Å²) in [5.74, 6) is -0.289. The van der Waals surface area contributed by atoms with E-state index in [2.05, 4.69) is 10.3 Å². The van der Waals surface area contributed by atoms with Crippen LogP contribution in [0.1, 0.15) is 27.3 Å². The molecule has 0 atom stereocenters. The molecule has 138 valence electrons. The number of rotatable bonds is 6. The van der Waals surface area contributed by atoms with Crippen molar-refractivity contribution in [3.63, 3.8) is 0 Å². The molecule has 3 aromatic rings. The number of aromatic nitrogens is 3. The molecule has 0 amide bonds. The van der Waals surface area contributed by atoms with Crippen molar-refractivity contribution >= 4 is 11.5 Å². The first-order valence-electron chi connectivity index (χ1n) is 8.22. The Hall–Kier alpha value is -3.48. The SMILES string of the molecule is COc1ccc(/C(O)=C/C(=O)c2nnn(Cc3ccc(F)cc3)c2C)cc1. The molecule has 0 saturated heterocycles. The van der Waals surface area contributed by atoms with E-state index in [0.29, 0.717) is 23.6 Å². The average molecular weight is 367 g/mol. The molecule has 2 aromatic carbocycles. The van der Waals surface area contributed by atoms with Crippen molar-refractivity contribution in [2.24, 2.45) is 0 Å². The highest BCUT2D eigenvalue weighted by molar-refractivity contribution is 6.07. The number of aliphatic hydroxyl groups is 1. The number of ketones is 1. The number of benzene rings is 2. The van der Waals surface area contributed by atoms with E-state index in [1.807, 2.05) is 0 Å². The number of hydrogen-bond acceptors (Lipinski definition) is 5. The summed E-state index contributed by atoms with van der Waals surface area (Å²) in [6, 6.07) is 12.7. The maximum Gasteiger partial charge on any atom is 0.211 e. The van der Waals surface area contributed by atoms with Crippen molar-refractivity contribution < 1.29 is 19.0 Å². The van der Waals surface area contributed by atoms with Crippen LogP contribution in [0.2, 0.25) is 0 Å². The van der Waals surface area contributed by atoms with Crippen LogP contribution < -0.4 is 4.74 Å². The highest BCUT2D eigenvalue weighted by atomic mass is 19.1. The third-order valence-corrected chi connectivity index (χ3v) is 4.12. The molecule has 0 radical (unpaired) electrons. The number of allylic oxidation sites excluding steroid dienone is 1. The van der Waals surface area contributed by atoms with E-state index in [-0.39, 0.29) is 17.3 Å². The molecule has 7 heteroatoms. The smallest absolute Gasteiger partial charge is 0.211 e. The Morgan fingerprint density at radius 2 is 1.85 bits per heavy atom. The van der Waals surface area contributed by atoms with Gasteiger partial charge in [-0.15, -0.1) is 5.10 Å². The summed E-state index contributed by atoms with van der Waals surface area (Å²) in [5.41, 5.74) is 2.03. The molecule has 0 saturated carbocycles. The normalized spacial score (nSPS) is 11.4. The van der Waals surface area contributed by atoms with E-state index in [4.69, 9.17) is 4.74 Å². The number of methoxy groups -OCH3 is 1. The fraction of sp³-hybridized carbons (Fsp3) is 0.150. The van der Waals surface area contributed by atoms with E-state index in [9.17, 15) is 14.3 Å². The van der Waals surface area contributed by atoms with Gasteiger partial charge in [-0.25, -0.2) is 9.07 Å². The van der Waals surface area contributed by atoms with Gasteiger partial charge in [-0.2, -0.15) is 0 Å². The van der Waals surface area contributed by atoms with Crippen molar-refractivity contribution in [2.45, 2.75) is 13.5 Å². The summed E-state index contributed by atoms with van der Waals surface area (Å²) in [6.45, 7) is 2.08. The van der Waals surface area contributed by atoms with Crippen LogP contribution in [0.15, 0.2) is 54.6 Å². The summed E-state index contributed by atoms with van der Waals surface area (Å²) < 4.78 is 19.6. The Kier molecular flexibility index (Phi) is 5.30. The Morgan fingerprint density at radius 3 is 2.48 bits per heavy atom. The average Bonchev–Trinajstić information content (AvgIpc) is 3.04. The molecule has 0 fully saturated rings. The minimum Gasteiger partial charge on any atom is -0.507 e. The van der Waals surface area contributed by atoms with Crippen LogP contribution in [0.5, 0.6) is 5.75 Å². The van der Waals surface area contributed by atoms with Crippen molar-refractivity contribution in [1.82, 2.24) is 15.0 Å². The molecule has 1 aromatic heterocycles. The van der Waals surface area contributed by atoms with E-state index in [1.54, 1.807) is 55.1 Å². The van der Waals surface area contributed by atoms with Crippen LogP contribution in [0.3, 0.4) is 0 Å². The van der Waals surface area contributed by atoms with Gasteiger partial charge in [0.2, 0.25) is 5.78 Å². The van der Waals surface area contributed by atoms with Gasteiger partial charge in [0.05, 0.1) is 19.3 Å². The summed E-state index contributed by atoms with van der Waals surface area (Å²) in [5, 5.41) is 18.1. The maximum absolute atomic E-state index is 13.0. The van der Waals surface area contributed by atoms with Crippen molar-refractivity contribution in [2.75, 3.05) is 7.11 Å². The Bertz CT molecular complexity index is 977.